The predicted molar refractivity (Wildman–Crippen MR) is 75.4 cm³/mol. The van der Waals surface area contributed by atoms with E-state index in [4.69, 9.17) is 11.6 Å². The van der Waals surface area contributed by atoms with E-state index < -0.39 is 0 Å². The number of hydrogen-bond acceptors (Lipinski definition) is 1. The van der Waals surface area contributed by atoms with Crippen molar-refractivity contribution < 1.29 is 4.79 Å². The highest BCUT2D eigenvalue weighted by Gasteiger charge is 2.07. The van der Waals surface area contributed by atoms with Crippen LogP contribution in [0.15, 0.2) is 42.5 Å². The molecule has 2 heteroatoms. The number of ketones is 1. The molecule has 0 aromatic heterocycles. The molecule has 1 nitrogen and oxygen atoms in total. The van der Waals surface area contributed by atoms with E-state index >= 15 is 0 Å². The van der Waals surface area contributed by atoms with Crippen LogP contribution >= 0.6 is 11.6 Å². The van der Waals surface area contributed by atoms with Crippen LogP contribution in [0.2, 0.25) is 5.02 Å². The minimum absolute atomic E-state index is 0.120. The fourth-order valence-corrected chi connectivity index (χ4v) is 1.96. The second-order valence-corrected chi connectivity index (χ2v) is 4.96. The summed E-state index contributed by atoms with van der Waals surface area (Å²) in [6.07, 6.45) is 0.433. The second kappa shape index (κ2) is 5.36. The van der Waals surface area contributed by atoms with Gasteiger partial charge in [0.15, 0.2) is 5.78 Å². The van der Waals surface area contributed by atoms with E-state index in [1.54, 1.807) is 24.3 Å². The van der Waals surface area contributed by atoms with Crippen LogP contribution in [0.1, 0.15) is 27.0 Å². The van der Waals surface area contributed by atoms with Crippen LogP contribution < -0.4 is 0 Å². The largest absolute Gasteiger partial charge is 0.294 e. The number of halogens is 1. The van der Waals surface area contributed by atoms with Gasteiger partial charge < -0.3 is 0 Å². The molecule has 2 aromatic carbocycles. The third-order valence-electron chi connectivity index (χ3n) is 3.10. The summed E-state index contributed by atoms with van der Waals surface area (Å²) in [5, 5.41) is 0.651. The van der Waals surface area contributed by atoms with Crippen molar-refractivity contribution in [2.45, 2.75) is 20.3 Å². The maximum atomic E-state index is 12.1. The SMILES string of the molecule is Cc1ccc(CC(=O)c2ccc(Cl)cc2)cc1C. The summed E-state index contributed by atoms with van der Waals surface area (Å²) in [6.45, 7) is 4.13. The number of Topliss-reactive ketones (excluding diaryl/α,β-unsaturated/α-hetero) is 1. The number of carbonyl (C=O) groups is 1. The van der Waals surface area contributed by atoms with Gasteiger partial charge in [-0.05, 0) is 54.8 Å². The molecule has 18 heavy (non-hydrogen) atoms. The Morgan fingerprint density at radius 3 is 2.28 bits per heavy atom. The molecule has 0 aliphatic carbocycles. The lowest BCUT2D eigenvalue weighted by atomic mass is 10.00. The van der Waals surface area contributed by atoms with Crippen LogP contribution in [-0.4, -0.2) is 5.78 Å². The molecule has 2 rings (SSSR count). The highest BCUT2D eigenvalue weighted by molar-refractivity contribution is 6.30. The summed E-state index contributed by atoms with van der Waals surface area (Å²) in [5.74, 6) is 0.120. The van der Waals surface area contributed by atoms with Crippen LogP contribution in [-0.2, 0) is 6.42 Å². The van der Waals surface area contributed by atoms with Crippen molar-refractivity contribution in [1.82, 2.24) is 0 Å². The molecule has 0 unspecified atom stereocenters. The van der Waals surface area contributed by atoms with E-state index in [2.05, 4.69) is 26.0 Å². The first-order chi connectivity index (χ1) is 8.56. The van der Waals surface area contributed by atoms with Gasteiger partial charge in [0.2, 0.25) is 0 Å². The third kappa shape index (κ3) is 2.99. The van der Waals surface area contributed by atoms with Crippen LogP contribution in [0.3, 0.4) is 0 Å². The Bertz CT molecular complexity index is 570. The lowest BCUT2D eigenvalue weighted by Gasteiger charge is -2.05. The van der Waals surface area contributed by atoms with Crippen molar-refractivity contribution in [3.63, 3.8) is 0 Å². The molecule has 0 fully saturated rings. The molecule has 0 radical (unpaired) electrons. The molecule has 0 saturated carbocycles. The normalized spacial score (nSPS) is 10.4. The molecular weight excluding hydrogens is 244 g/mol. The number of rotatable bonds is 3. The third-order valence-corrected chi connectivity index (χ3v) is 3.35. The summed E-state index contributed by atoms with van der Waals surface area (Å²) in [7, 11) is 0. The van der Waals surface area contributed by atoms with Gasteiger partial charge in [-0.25, -0.2) is 0 Å². The smallest absolute Gasteiger partial charge is 0.167 e. The monoisotopic (exact) mass is 258 g/mol. The molecule has 0 N–H and O–H groups in total. The van der Waals surface area contributed by atoms with Crippen molar-refractivity contribution >= 4 is 17.4 Å². The summed E-state index contributed by atoms with van der Waals surface area (Å²) < 4.78 is 0. The molecule has 0 spiro atoms. The van der Waals surface area contributed by atoms with Gasteiger partial charge in [0.05, 0.1) is 0 Å². The average molecular weight is 259 g/mol. The van der Waals surface area contributed by atoms with Crippen LogP contribution in [0.4, 0.5) is 0 Å². The molecule has 0 aliphatic rings. The van der Waals surface area contributed by atoms with Crippen LogP contribution in [0.25, 0.3) is 0 Å². The maximum absolute atomic E-state index is 12.1. The lowest BCUT2D eigenvalue weighted by Crippen LogP contribution is -2.03. The summed E-state index contributed by atoms with van der Waals surface area (Å²) in [5.41, 5.74) is 4.23. The summed E-state index contributed by atoms with van der Waals surface area (Å²) >= 11 is 5.80. The predicted octanol–water partition coefficient (Wildman–Crippen LogP) is 4.38. The number of carbonyl (C=O) groups excluding carboxylic acids is 1. The zero-order valence-corrected chi connectivity index (χ0v) is 11.3. The van der Waals surface area contributed by atoms with Crippen molar-refractivity contribution in [3.05, 3.63) is 69.7 Å². The van der Waals surface area contributed by atoms with Gasteiger partial charge in [-0.1, -0.05) is 29.8 Å². The Morgan fingerprint density at radius 2 is 1.67 bits per heavy atom. The number of hydrogen-bond donors (Lipinski definition) is 0. The van der Waals surface area contributed by atoms with Crippen molar-refractivity contribution in [1.29, 1.82) is 0 Å². The van der Waals surface area contributed by atoms with Crippen molar-refractivity contribution in [2.75, 3.05) is 0 Å². The summed E-state index contributed by atoms with van der Waals surface area (Å²) in [6, 6.07) is 13.2. The quantitative estimate of drug-likeness (QED) is 0.747. The van der Waals surface area contributed by atoms with Crippen LogP contribution in [0, 0.1) is 13.8 Å². The highest BCUT2D eigenvalue weighted by Crippen LogP contribution is 2.14. The van der Waals surface area contributed by atoms with Crippen LogP contribution in [0.5, 0.6) is 0 Å². The Kier molecular flexibility index (Phi) is 3.83. The molecule has 0 aliphatic heterocycles. The second-order valence-electron chi connectivity index (χ2n) is 4.53. The van der Waals surface area contributed by atoms with Crippen molar-refractivity contribution in [3.8, 4) is 0 Å². The van der Waals surface area contributed by atoms with Gasteiger partial charge in [-0.2, -0.15) is 0 Å². The minimum Gasteiger partial charge on any atom is -0.294 e. The Hall–Kier alpha value is -1.60. The van der Waals surface area contributed by atoms with E-state index in [-0.39, 0.29) is 5.78 Å². The fraction of sp³-hybridized carbons (Fsp3) is 0.188. The number of aryl methyl sites for hydroxylation is 2. The van der Waals surface area contributed by atoms with Gasteiger partial charge in [-0.3, -0.25) is 4.79 Å². The maximum Gasteiger partial charge on any atom is 0.167 e. The molecule has 0 atom stereocenters. The average Bonchev–Trinajstić information content (AvgIpc) is 2.34. The Balaban J connectivity index is 2.16. The number of benzene rings is 2. The van der Waals surface area contributed by atoms with Gasteiger partial charge in [0.1, 0.15) is 0 Å². The van der Waals surface area contributed by atoms with Gasteiger partial charge in [0.25, 0.3) is 0 Å². The van der Waals surface area contributed by atoms with Gasteiger partial charge in [0, 0.05) is 17.0 Å². The van der Waals surface area contributed by atoms with Gasteiger partial charge in [-0.15, -0.1) is 0 Å². The standard InChI is InChI=1S/C16H15ClO/c1-11-3-4-13(9-12(11)2)10-16(18)14-5-7-15(17)8-6-14/h3-9H,10H2,1-2H3. The molecule has 92 valence electrons. The first-order valence-corrected chi connectivity index (χ1v) is 6.29. The molecule has 0 bridgehead atoms. The van der Waals surface area contributed by atoms with Crippen molar-refractivity contribution in [2.24, 2.45) is 0 Å². The zero-order chi connectivity index (χ0) is 13.1. The highest BCUT2D eigenvalue weighted by atomic mass is 35.5. The molecular formula is C16H15ClO. The lowest BCUT2D eigenvalue weighted by molar-refractivity contribution is 0.0993. The molecule has 2 aromatic rings. The Labute approximate surface area is 112 Å². The van der Waals surface area contributed by atoms with Gasteiger partial charge >= 0.3 is 0 Å². The first kappa shape index (κ1) is 12.8. The fourth-order valence-electron chi connectivity index (χ4n) is 1.84. The minimum atomic E-state index is 0.120. The van der Waals surface area contributed by atoms with E-state index in [0.29, 0.717) is 17.0 Å². The molecule has 0 amide bonds. The molecule has 0 saturated heterocycles. The topological polar surface area (TPSA) is 17.1 Å². The first-order valence-electron chi connectivity index (χ1n) is 5.91. The van der Waals surface area contributed by atoms with E-state index in [0.717, 1.165) is 5.56 Å². The molecule has 0 heterocycles. The Morgan fingerprint density at radius 1 is 1.00 bits per heavy atom. The zero-order valence-electron chi connectivity index (χ0n) is 10.5. The van der Waals surface area contributed by atoms with E-state index in [1.807, 2.05) is 6.07 Å². The van der Waals surface area contributed by atoms with E-state index in [1.165, 1.54) is 11.1 Å². The van der Waals surface area contributed by atoms with E-state index in [9.17, 15) is 4.79 Å². The summed E-state index contributed by atoms with van der Waals surface area (Å²) in [4.78, 5) is 12.1.